The van der Waals surface area contributed by atoms with Gasteiger partial charge in [0, 0.05) is 31.3 Å². The summed E-state index contributed by atoms with van der Waals surface area (Å²) in [6.45, 7) is 0. The van der Waals surface area contributed by atoms with Crippen LogP contribution in [0.15, 0.2) is 40.9 Å². The molecule has 0 fully saturated rings. The second-order valence-corrected chi connectivity index (χ2v) is 5.49. The van der Waals surface area contributed by atoms with Crippen LogP contribution in [0.1, 0.15) is 17.2 Å². The second-order valence-electron chi connectivity index (χ2n) is 3.82. The maximum absolute atomic E-state index is 10.4. The van der Waals surface area contributed by atoms with Crippen molar-refractivity contribution in [3.63, 3.8) is 0 Å². The van der Waals surface area contributed by atoms with Crippen molar-refractivity contribution in [2.24, 2.45) is 0 Å². The largest absolute Gasteiger partial charge is 0.399 e. The molecule has 2 rings (SSSR count). The fourth-order valence-corrected chi connectivity index (χ4v) is 2.96. The van der Waals surface area contributed by atoms with Crippen molar-refractivity contribution in [2.45, 2.75) is 6.10 Å². The molecule has 1 atom stereocenters. The van der Waals surface area contributed by atoms with Gasteiger partial charge in [-0.15, -0.1) is 0 Å². The number of anilines is 1. The average Bonchev–Trinajstić information content (AvgIpc) is 2.28. The van der Waals surface area contributed by atoms with Crippen molar-refractivity contribution >= 4 is 44.8 Å². The predicted octanol–water partition coefficient (Wildman–Crippen LogP) is 4.42. The van der Waals surface area contributed by atoms with Crippen LogP contribution in [0.3, 0.4) is 0 Å². The number of benzene rings is 2. The van der Waals surface area contributed by atoms with E-state index in [1.165, 1.54) is 0 Å². The first-order valence-corrected chi connectivity index (χ1v) is 6.72. The van der Waals surface area contributed by atoms with Gasteiger partial charge in [0.2, 0.25) is 0 Å². The van der Waals surface area contributed by atoms with Gasteiger partial charge in [-0.1, -0.05) is 51.3 Å². The summed E-state index contributed by atoms with van der Waals surface area (Å²) in [5.41, 5.74) is 7.33. The normalized spacial score (nSPS) is 12.4. The summed E-state index contributed by atoms with van der Waals surface area (Å²) in [6.07, 6.45) is -0.902. The maximum Gasteiger partial charge on any atom is 0.108 e. The zero-order chi connectivity index (χ0) is 13.3. The van der Waals surface area contributed by atoms with Crippen LogP contribution in [0.5, 0.6) is 0 Å². The molecule has 2 aromatic carbocycles. The Kier molecular flexibility index (Phi) is 4.17. The summed E-state index contributed by atoms with van der Waals surface area (Å²) in [7, 11) is 0. The van der Waals surface area contributed by atoms with E-state index in [0.717, 1.165) is 4.47 Å². The second kappa shape index (κ2) is 5.49. The highest BCUT2D eigenvalue weighted by Gasteiger charge is 2.19. The Labute approximate surface area is 123 Å². The molecule has 0 amide bonds. The van der Waals surface area contributed by atoms with Crippen LogP contribution in [-0.4, -0.2) is 5.11 Å². The molecule has 0 spiro atoms. The number of nitrogen functional groups attached to an aromatic ring is 1. The Morgan fingerprint density at radius 1 is 1.11 bits per heavy atom. The van der Waals surface area contributed by atoms with E-state index in [9.17, 15) is 5.11 Å². The van der Waals surface area contributed by atoms with Crippen molar-refractivity contribution in [2.75, 3.05) is 5.73 Å². The van der Waals surface area contributed by atoms with E-state index in [0.29, 0.717) is 26.9 Å². The lowest BCUT2D eigenvalue weighted by atomic mass is 10.0. The quantitative estimate of drug-likeness (QED) is 0.790. The third-order valence-electron chi connectivity index (χ3n) is 2.59. The summed E-state index contributed by atoms with van der Waals surface area (Å²) in [5.74, 6) is 0. The number of halogens is 3. The van der Waals surface area contributed by atoms with Gasteiger partial charge in [0.25, 0.3) is 0 Å². The van der Waals surface area contributed by atoms with E-state index in [1.54, 1.807) is 30.3 Å². The minimum absolute atomic E-state index is 0.411. The molecule has 2 nitrogen and oxygen atoms in total. The number of rotatable bonds is 2. The molecule has 0 bridgehead atoms. The Balaban J connectivity index is 2.51. The third kappa shape index (κ3) is 2.64. The van der Waals surface area contributed by atoms with E-state index >= 15 is 0 Å². The lowest BCUT2D eigenvalue weighted by Crippen LogP contribution is -2.03. The van der Waals surface area contributed by atoms with Gasteiger partial charge >= 0.3 is 0 Å². The molecule has 0 heterocycles. The number of hydrogen-bond acceptors (Lipinski definition) is 2. The molecular weight excluding hydrogens is 337 g/mol. The third-order valence-corrected chi connectivity index (χ3v) is 3.94. The van der Waals surface area contributed by atoms with Gasteiger partial charge < -0.3 is 10.8 Å². The highest BCUT2D eigenvalue weighted by molar-refractivity contribution is 9.10. The molecule has 0 aliphatic rings. The van der Waals surface area contributed by atoms with E-state index in [4.69, 9.17) is 28.9 Å². The molecular formula is C13H10BrCl2NO. The minimum Gasteiger partial charge on any atom is -0.399 e. The summed E-state index contributed by atoms with van der Waals surface area (Å²) >= 11 is 15.6. The van der Waals surface area contributed by atoms with Gasteiger partial charge in [0.15, 0.2) is 0 Å². The Hall–Kier alpha value is -0.740. The molecule has 3 N–H and O–H groups in total. The first-order valence-electron chi connectivity index (χ1n) is 5.17. The van der Waals surface area contributed by atoms with Crippen LogP contribution < -0.4 is 5.73 Å². The molecule has 18 heavy (non-hydrogen) atoms. The first-order chi connectivity index (χ1) is 8.50. The summed E-state index contributed by atoms with van der Waals surface area (Å²) in [4.78, 5) is 0. The van der Waals surface area contributed by atoms with Crippen LogP contribution in [0, 0.1) is 0 Å². The first kappa shape index (κ1) is 13.7. The molecule has 5 heteroatoms. The van der Waals surface area contributed by atoms with E-state index in [1.807, 2.05) is 6.07 Å². The van der Waals surface area contributed by atoms with Crippen LogP contribution in [0.4, 0.5) is 5.69 Å². The van der Waals surface area contributed by atoms with Crippen molar-refractivity contribution in [3.05, 3.63) is 62.0 Å². The number of aliphatic hydroxyl groups excluding tert-OH is 1. The van der Waals surface area contributed by atoms with Gasteiger partial charge in [-0.3, -0.25) is 0 Å². The van der Waals surface area contributed by atoms with E-state index in [-0.39, 0.29) is 0 Å². The van der Waals surface area contributed by atoms with E-state index < -0.39 is 6.10 Å². The topological polar surface area (TPSA) is 46.2 Å². The molecule has 94 valence electrons. The Bertz CT molecular complexity index is 569. The van der Waals surface area contributed by atoms with Gasteiger partial charge in [-0.2, -0.15) is 0 Å². The van der Waals surface area contributed by atoms with Crippen LogP contribution in [0.25, 0.3) is 0 Å². The summed E-state index contributed by atoms with van der Waals surface area (Å²) in [6, 6.07) is 10.3. The summed E-state index contributed by atoms with van der Waals surface area (Å²) in [5, 5.41) is 11.3. The van der Waals surface area contributed by atoms with Gasteiger partial charge in [0.1, 0.15) is 6.10 Å². The van der Waals surface area contributed by atoms with E-state index in [2.05, 4.69) is 15.9 Å². The van der Waals surface area contributed by atoms with Crippen molar-refractivity contribution in [1.82, 2.24) is 0 Å². The van der Waals surface area contributed by atoms with Gasteiger partial charge in [-0.05, 0) is 24.3 Å². The highest BCUT2D eigenvalue weighted by atomic mass is 79.9. The molecule has 0 aliphatic carbocycles. The molecule has 0 saturated heterocycles. The van der Waals surface area contributed by atoms with Crippen molar-refractivity contribution < 1.29 is 5.11 Å². The SMILES string of the molecule is Nc1ccc(C(O)c2c(Cl)cccc2Br)c(Cl)c1. The average molecular weight is 347 g/mol. The zero-order valence-corrected chi connectivity index (χ0v) is 12.3. The van der Waals surface area contributed by atoms with Crippen LogP contribution >= 0.6 is 39.1 Å². The summed E-state index contributed by atoms with van der Waals surface area (Å²) < 4.78 is 0.732. The predicted molar refractivity (Wildman–Crippen MR) is 79.1 cm³/mol. The molecule has 2 aromatic rings. The smallest absolute Gasteiger partial charge is 0.108 e. The molecule has 1 unspecified atom stereocenters. The molecule has 0 radical (unpaired) electrons. The standard InChI is InChI=1S/C13H10BrCl2NO/c14-9-2-1-3-10(15)12(9)13(18)8-5-4-7(17)6-11(8)16/h1-6,13,18H,17H2. The van der Waals surface area contributed by atoms with Gasteiger partial charge in [0.05, 0.1) is 0 Å². The number of nitrogens with two attached hydrogens (primary N) is 1. The fourth-order valence-electron chi connectivity index (χ4n) is 1.69. The minimum atomic E-state index is -0.902. The lowest BCUT2D eigenvalue weighted by molar-refractivity contribution is 0.220. The maximum atomic E-state index is 10.4. The molecule has 0 saturated carbocycles. The Morgan fingerprint density at radius 3 is 2.44 bits per heavy atom. The van der Waals surface area contributed by atoms with Crippen molar-refractivity contribution in [1.29, 1.82) is 0 Å². The molecule has 0 aromatic heterocycles. The molecule has 0 aliphatic heterocycles. The van der Waals surface area contributed by atoms with Crippen molar-refractivity contribution in [3.8, 4) is 0 Å². The fraction of sp³-hybridized carbons (Fsp3) is 0.0769. The van der Waals surface area contributed by atoms with Crippen LogP contribution in [-0.2, 0) is 0 Å². The van der Waals surface area contributed by atoms with Gasteiger partial charge in [-0.25, -0.2) is 0 Å². The highest BCUT2D eigenvalue weighted by Crippen LogP contribution is 2.37. The Morgan fingerprint density at radius 2 is 1.83 bits per heavy atom. The van der Waals surface area contributed by atoms with Crippen LogP contribution in [0.2, 0.25) is 10.0 Å². The number of aliphatic hydroxyl groups is 1. The zero-order valence-electron chi connectivity index (χ0n) is 9.20. The monoisotopic (exact) mass is 345 g/mol. The lowest BCUT2D eigenvalue weighted by Gasteiger charge is -2.16. The number of hydrogen-bond donors (Lipinski definition) is 2.